The molecule has 0 fully saturated rings. The third-order valence-electron chi connectivity index (χ3n) is 4.49. The molecule has 0 aliphatic heterocycles. The molecule has 0 aliphatic rings. The number of ether oxygens (including phenoxy) is 1. The fourth-order valence-electron chi connectivity index (χ4n) is 2.82. The number of anilines is 2. The number of para-hydroxylation sites is 2. The number of carbonyl (C=O) groups is 2. The predicted molar refractivity (Wildman–Crippen MR) is 114 cm³/mol. The number of amides is 1. The Hall–Kier alpha value is -3.60. The molecule has 0 aliphatic carbocycles. The highest BCUT2D eigenvalue weighted by molar-refractivity contribution is 5.97. The zero-order valence-electron chi connectivity index (χ0n) is 16.6. The second-order valence-corrected chi connectivity index (χ2v) is 6.85. The molecule has 3 aromatic carbocycles. The lowest BCUT2D eigenvalue weighted by molar-refractivity contribution is -0.133. The van der Waals surface area contributed by atoms with Gasteiger partial charge in [0.15, 0.2) is 6.61 Å². The van der Waals surface area contributed by atoms with Gasteiger partial charge in [-0.3, -0.25) is 4.79 Å². The summed E-state index contributed by atoms with van der Waals surface area (Å²) in [5.74, 6) is -0.798. The van der Waals surface area contributed by atoms with Crippen LogP contribution in [0.1, 0.15) is 21.5 Å². The zero-order chi connectivity index (χ0) is 20.6. The summed E-state index contributed by atoms with van der Waals surface area (Å²) in [6.45, 7) is 2.17. The SMILES string of the molecule is Cc1ccc(CN(C)C(=O)COC(=O)c2ccccc2Nc2ccccc2)cc1. The Bertz CT molecular complexity index is 969. The number of likely N-dealkylation sites (N-methyl/N-ethyl adjacent to an activating group) is 1. The number of esters is 1. The van der Waals surface area contributed by atoms with E-state index in [2.05, 4.69) is 5.32 Å². The minimum atomic E-state index is -0.541. The van der Waals surface area contributed by atoms with Gasteiger partial charge in [0.1, 0.15) is 0 Å². The summed E-state index contributed by atoms with van der Waals surface area (Å²) in [5, 5.41) is 3.20. The zero-order valence-corrected chi connectivity index (χ0v) is 16.6. The van der Waals surface area contributed by atoms with Crippen molar-refractivity contribution in [3.63, 3.8) is 0 Å². The molecule has 29 heavy (non-hydrogen) atoms. The lowest BCUT2D eigenvalue weighted by Crippen LogP contribution is -2.30. The standard InChI is InChI=1S/C24H24N2O3/c1-18-12-14-19(15-13-18)16-26(2)23(27)17-29-24(28)21-10-6-7-11-22(21)25-20-8-4-3-5-9-20/h3-15,25H,16-17H2,1-2H3. The van der Waals surface area contributed by atoms with Crippen LogP contribution in [0.3, 0.4) is 0 Å². The molecule has 0 saturated carbocycles. The van der Waals surface area contributed by atoms with Gasteiger partial charge in [-0.1, -0.05) is 60.2 Å². The van der Waals surface area contributed by atoms with Crippen molar-refractivity contribution in [3.05, 3.63) is 95.6 Å². The van der Waals surface area contributed by atoms with Crippen LogP contribution in [0.15, 0.2) is 78.9 Å². The van der Waals surface area contributed by atoms with E-state index >= 15 is 0 Å². The van der Waals surface area contributed by atoms with Crippen molar-refractivity contribution in [3.8, 4) is 0 Å². The van der Waals surface area contributed by atoms with Crippen LogP contribution in [0.4, 0.5) is 11.4 Å². The summed E-state index contributed by atoms with van der Waals surface area (Å²) in [5.41, 5.74) is 4.06. The number of nitrogens with zero attached hydrogens (tertiary/aromatic N) is 1. The lowest BCUT2D eigenvalue weighted by Gasteiger charge is -2.18. The minimum Gasteiger partial charge on any atom is -0.452 e. The topological polar surface area (TPSA) is 58.6 Å². The number of carbonyl (C=O) groups excluding carboxylic acids is 2. The normalized spacial score (nSPS) is 10.3. The second kappa shape index (κ2) is 9.55. The third kappa shape index (κ3) is 5.69. The van der Waals surface area contributed by atoms with Crippen LogP contribution in [0, 0.1) is 6.92 Å². The van der Waals surface area contributed by atoms with Gasteiger partial charge in [-0.25, -0.2) is 4.79 Å². The predicted octanol–water partition coefficient (Wildman–Crippen LogP) is 4.55. The van der Waals surface area contributed by atoms with Crippen molar-refractivity contribution in [2.45, 2.75) is 13.5 Å². The molecular formula is C24H24N2O3. The fraction of sp³-hybridized carbons (Fsp3) is 0.167. The summed E-state index contributed by atoms with van der Waals surface area (Å²) in [6.07, 6.45) is 0. The molecule has 0 radical (unpaired) electrons. The molecule has 0 unspecified atom stereocenters. The molecule has 148 valence electrons. The number of hydrogen-bond acceptors (Lipinski definition) is 4. The van der Waals surface area contributed by atoms with Gasteiger partial charge in [-0.15, -0.1) is 0 Å². The summed E-state index contributed by atoms with van der Waals surface area (Å²) in [7, 11) is 1.70. The Morgan fingerprint density at radius 3 is 2.28 bits per heavy atom. The Morgan fingerprint density at radius 1 is 0.897 bits per heavy atom. The Labute approximate surface area is 170 Å². The van der Waals surface area contributed by atoms with Gasteiger partial charge in [-0.2, -0.15) is 0 Å². The third-order valence-corrected chi connectivity index (χ3v) is 4.49. The molecule has 3 rings (SSSR count). The van der Waals surface area contributed by atoms with Crippen molar-refractivity contribution in [1.29, 1.82) is 0 Å². The van der Waals surface area contributed by atoms with E-state index in [1.165, 1.54) is 5.56 Å². The average molecular weight is 388 g/mol. The van der Waals surface area contributed by atoms with Crippen LogP contribution in [-0.4, -0.2) is 30.4 Å². The molecule has 3 aromatic rings. The Kier molecular flexibility index (Phi) is 6.63. The minimum absolute atomic E-state index is 0.257. The van der Waals surface area contributed by atoms with Gasteiger partial charge in [0.25, 0.3) is 5.91 Å². The first kappa shape index (κ1) is 20.1. The van der Waals surface area contributed by atoms with E-state index in [9.17, 15) is 9.59 Å². The monoisotopic (exact) mass is 388 g/mol. The second-order valence-electron chi connectivity index (χ2n) is 6.85. The molecule has 0 spiro atoms. The van der Waals surface area contributed by atoms with E-state index in [4.69, 9.17) is 4.74 Å². The Balaban J connectivity index is 1.59. The van der Waals surface area contributed by atoms with E-state index in [1.807, 2.05) is 67.6 Å². The molecule has 5 nitrogen and oxygen atoms in total. The maximum atomic E-state index is 12.5. The van der Waals surface area contributed by atoms with Crippen molar-refractivity contribution in [2.24, 2.45) is 0 Å². The molecule has 0 aromatic heterocycles. The first-order chi connectivity index (χ1) is 14.0. The van der Waals surface area contributed by atoms with Gasteiger partial charge < -0.3 is 15.0 Å². The number of hydrogen-bond donors (Lipinski definition) is 1. The highest BCUT2D eigenvalue weighted by atomic mass is 16.5. The summed E-state index contributed by atoms with van der Waals surface area (Å²) in [6, 6.07) is 24.6. The molecule has 0 saturated heterocycles. The summed E-state index contributed by atoms with van der Waals surface area (Å²) < 4.78 is 5.28. The van der Waals surface area contributed by atoms with Crippen molar-refractivity contribution < 1.29 is 14.3 Å². The number of benzene rings is 3. The van der Waals surface area contributed by atoms with Gasteiger partial charge in [0.2, 0.25) is 0 Å². The van der Waals surface area contributed by atoms with Crippen molar-refractivity contribution in [2.75, 3.05) is 19.0 Å². The first-order valence-corrected chi connectivity index (χ1v) is 9.40. The van der Waals surface area contributed by atoms with E-state index in [0.717, 1.165) is 11.3 Å². The molecule has 5 heteroatoms. The van der Waals surface area contributed by atoms with Crippen LogP contribution in [0.2, 0.25) is 0 Å². The fourth-order valence-corrected chi connectivity index (χ4v) is 2.82. The number of rotatable bonds is 7. The van der Waals surface area contributed by atoms with E-state index < -0.39 is 5.97 Å². The van der Waals surface area contributed by atoms with Crippen LogP contribution in [-0.2, 0) is 16.1 Å². The van der Waals surface area contributed by atoms with Gasteiger partial charge >= 0.3 is 5.97 Å². The maximum absolute atomic E-state index is 12.5. The number of nitrogens with one attached hydrogen (secondary N) is 1. The summed E-state index contributed by atoms with van der Waals surface area (Å²) >= 11 is 0. The average Bonchev–Trinajstić information content (AvgIpc) is 2.74. The van der Waals surface area contributed by atoms with Gasteiger partial charge in [0.05, 0.1) is 11.3 Å². The van der Waals surface area contributed by atoms with E-state index in [0.29, 0.717) is 17.8 Å². The first-order valence-electron chi connectivity index (χ1n) is 9.40. The Morgan fingerprint density at radius 2 is 1.55 bits per heavy atom. The van der Waals surface area contributed by atoms with Gasteiger partial charge in [-0.05, 0) is 36.8 Å². The molecule has 0 atom stereocenters. The number of aryl methyl sites for hydroxylation is 1. The molecule has 1 amide bonds. The maximum Gasteiger partial charge on any atom is 0.340 e. The smallest absolute Gasteiger partial charge is 0.340 e. The highest BCUT2D eigenvalue weighted by Gasteiger charge is 2.16. The molecule has 0 bridgehead atoms. The van der Waals surface area contributed by atoms with Crippen LogP contribution < -0.4 is 5.32 Å². The van der Waals surface area contributed by atoms with Crippen molar-refractivity contribution in [1.82, 2.24) is 4.90 Å². The largest absolute Gasteiger partial charge is 0.452 e. The van der Waals surface area contributed by atoms with Crippen molar-refractivity contribution >= 4 is 23.3 Å². The van der Waals surface area contributed by atoms with Crippen LogP contribution in [0.5, 0.6) is 0 Å². The van der Waals surface area contributed by atoms with Gasteiger partial charge in [0, 0.05) is 19.3 Å². The quantitative estimate of drug-likeness (QED) is 0.603. The van der Waals surface area contributed by atoms with E-state index in [-0.39, 0.29) is 12.5 Å². The highest BCUT2D eigenvalue weighted by Crippen LogP contribution is 2.21. The molecule has 0 heterocycles. The van der Waals surface area contributed by atoms with Crippen LogP contribution >= 0.6 is 0 Å². The molecule has 1 N–H and O–H groups in total. The lowest BCUT2D eigenvalue weighted by atomic mass is 10.1. The van der Waals surface area contributed by atoms with E-state index in [1.54, 1.807) is 30.1 Å². The summed E-state index contributed by atoms with van der Waals surface area (Å²) in [4.78, 5) is 26.5. The van der Waals surface area contributed by atoms with Crippen LogP contribution in [0.25, 0.3) is 0 Å². The molecular weight excluding hydrogens is 364 g/mol.